The number of fused-ring (bicyclic) bond motifs is 1. The lowest BCUT2D eigenvalue weighted by Gasteiger charge is -2.12. The SMILES string of the molecule is N/C(=C\N(N)CC(=O)O)COc1ccc2nc(S(N)(=O)=O)sc2c1. The van der Waals surface area contributed by atoms with Gasteiger partial charge in [0.2, 0.25) is 4.34 Å². The summed E-state index contributed by atoms with van der Waals surface area (Å²) in [6.45, 7) is -0.427. The Morgan fingerprint density at radius 1 is 1.46 bits per heavy atom. The minimum Gasteiger partial charge on any atom is -0.487 e. The number of hydrogen-bond acceptors (Lipinski definition) is 9. The molecule has 7 N–H and O–H groups in total. The number of hydrogen-bond donors (Lipinski definition) is 4. The minimum absolute atomic E-state index is 0.0281. The van der Waals surface area contributed by atoms with Crippen molar-refractivity contribution in [2.75, 3.05) is 13.2 Å². The van der Waals surface area contributed by atoms with Gasteiger partial charge in [-0.1, -0.05) is 0 Å². The summed E-state index contributed by atoms with van der Waals surface area (Å²) in [5.41, 5.74) is 6.39. The van der Waals surface area contributed by atoms with E-state index in [2.05, 4.69) is 4.98 Å². The molecular formula is C12H15N5O5S2. The molecule has 2 rings (SSSR count). The van der Waals surface area contributed by atoms with Crippen molar-refractivity contribution in [3.63, 3.8) is 0 Å². The number of benzene rings is 1. The van der Waals surface area contributed by atoms with Crippen LogP contribution < -0.4 is 21.5 Å². The predicted octanol–water partition coefficient (Wildman–Crippen LogP) is -0.617. The predicted molar refractivity (Wildman–Crippen MR) is 87.3 cm³/mol. The number of primary sulfonamides is 1. The van der Waals surface area contributed by atoms with E-state index in [1.54, 1.807) is 18.2 Å². The number of carbonyl (C=O) groups is 1. The Kier molecular flexibility index (Phi) is 5.23. The van der Waals surface area contributed by atoms with Crippen LogP contribution >= 0.6 is 11.3 Å². The second kappa shape index (κ2) is 7.00. The van der Waals surface area contributed by atoms with E-state index in [-0.39, 0.29) is 16.6 Å². The zero-order valence-corrected chi connectivity index (χ0v) is 13.9. The molecule has 1 aromatic carbocycles. The Labute approximate surface area is 141 Å². The number of hydrazine groups is 1. The first-order chi connectivity index (χ1) is 11.1. The van der Waals surface area contributed by atoms with Crippen molar-refractivity contribution >= 4 is 37.5 Å². The number of nitrogens with zero attached hydrogens (tertiary/aromatic N) is 2. The van der Waals surface area contributed by atoms with Crippen molar-refractivity contribution in [3.05, 3.63) is 30.1 Å². The van der Waals surface area contributed by atoms with E-state index in [4.69, 9.17) is 26.6 Å². The Hall–Kier alpha value is -2.41. The van der Waals surface area contributed by atoms with E-state index >= 15 is 0 Å². The fourth-order valence-corrected chi connectivity index (χ4v) is 3.40. The van der Waals surface area contributed by atoms with Gasteiger partial charge in [0.25, 0.3) is 10.0 Å². The molecule has 1 aromatic heterocycles. The normalized spacial score (nSPS) is 12.3. The Bertz CT molecular complexity index is 892. The van der Waals surface area contributed by atoms with E-state index in [9.17, 15) is 13.2 Å². The highest BCUT2D eigenvalue weighted by Gasteiger charge is 2.14. The van der Waals surface area contributed by atoms with Gasteiger partial charge in [0.05, 0.1) is 15.9 Å². The molecule has 0 atom stereocenters. The van der Waals surface area contributed by atoms with E-state index in [1.807, 2.05) is 0 Å². The molecule has 0 saturated carbocycles. The molecule has 0 fully saturated rings. The molecule has 2 aromatic rings. The monoisotopic (exact) mass is 373 g/mol. The molecule has 0 saturated heterocycles. The highest BCUT2D eigenvalue weighted by Crippen LogP contribution is 2.28. The number of carboxylic acids is 1. The van der Waals surface area contributed by atoms with E-state index in [1.165, 1.54) is 6.20 Å². The highest BCUT2D eigenvalue weighted by molar-refractivity contribution is 7.91. The van der Waals surface area contributed by atoms with Gasteiger partial charge in [0.15, 0.2) is 0 Å². The summed E-state index contributed by atoms with van der Waals surface area (Å²) in [5, 5.41) is 14.6. The maximum atomic E-state index is 11.3. The van der Waals surface area contributed by atoms with Crippen LogP contribution in [0.4, 0.5) is 0 Å². The standard InChI is InChI=1S/C12H15N5O5S2/c13-7(4-17(14)5-11(18)19)6-22-8-1-2-9-10(3-8)23-12(16-9)24(15,20)21/h1-4H,5-6,13-14H2,(H,18,19)(H2,15,20,21)/b7-4-. The molecule has 0 bridgehead atoms. The van der Waals surface area contributed by atoms with Gasteiger partial charge in [-0.15, -0.1) is 11.3 Å². The number of rotatable bonds is 7. The summed E-state index contributed by atoms with van der Waals surface area (Å²) >= 11 is 0.927. The van der Waals surface area contributed by atoms with Crippen LogP contribution in [0.25, 0.3) is 10.2 Å². The van der Waals surface area contributed by atoms with Crippen LogP contribution in [0.2, 0.25) is 0 Å². The molecule has 10 nitrogen and oxygen atoms in total. The first-order valence-corrected chi connectivity index (χ1v) is 8.77. The van der Waals surface area contributed by atoms with Crippen LogP contribution in [-0.4, -0.2) is 42.6 Å². The van der Waals surface area contributed by atoms with Gasteiger partial charge < -0.3 is 20.6 Å². The lowest BCUT2D eigenvalue weighted by atomic mass is 10.3. The first kappa shape index (κ1) is 17.9. The Morgan fingerprint density at radius 3 is 2.79 bits per heavy atom. The van der Waals surface area contributed by atoms with Gasteiger partial charge in [0.1, 0.15) is 18.9 Å². The van der Waals surface area contributed by atoms with Gasteiger partial charge in [0, 0.05) is 6.20 Å². The number of sulfonamides is 1. The number of thiazole rings is 1. The van der Waals surface area contributed by atoms with E-state index < -0.39 is 22.5 Å². The Morgan fingerprint density at radius 2 is 2.17 bits per heavy atom. The van der Waals surface area contributed by atoms with Crippen LogP contribution in [0.3, 0.4) is 0 Å². The van der Waals surface area contributed by atoms with Crippen molar-refractivity contribution in [3.8, 4) is 5.75 Å². The van der Waals surface area contributed by atoms with Crippen molar-refractivity contribution in [2.24, 2.45) is 16.7 Å². The molecule has 0 spiro atoms. The van der Waals surface area contributed by atoms with Crippen LogP contribution in [0.5, 0.6) is 5.75 Å². The van der Waals surface area contributed by atoms with Gasteiger partial charge in [-0.05, 0) is 18.2 Å². The molecule has 130 valence electrons. The lowest BCUT2D eigenvalue weighted by Crippen LogP contribution is -2.32. The molecule has 0 unspecified atom stereocenters. The summed E-state index contributed by atoms with van der Waals surface area (Å²) < 4.78 is 28.4. The summed E-state index contributed by atoms with van der Waals surface area (Å²) in [7, 11) is -3.86. The zero-order valence-electron chi connectivity index (χ0n) is 12.2. The highest BCUT2D eigenvalue weighted by atomic mass is 32.2. The summed E-state index contributed by atoms with van der Waals surface area (Å²) in [6, 6.07) is 4.79. The van der Waals surface area contributed by atoms with Crippen molar-refractivity contribution in [1.29, 1.82) is 0 Å². The number of nitrogens with two attached hydrogens (primary N) is 3. The van der Waals surface area contributed by atoms with Crippen molar-refractivity contribution in [1.82, 2.24) is 9.99 Å². The fourth-order valence-electron chi connectivity index (χ4n) is 1.71. The van der Waals surface area contributed by atoms with Crippen molar-refractivity contribution < 1.29 is 23.1 Å². The van der Waals surface area contributed by atoms with E-state index in [0.29, 0.717) is 16.0 Å². The summed E-state index contributed by atoms with van der Waals surface area (Å²) in [6.07, 6.45) is 1.25. The number of aromatic nitrogens is 1. The third kappa shape index (κ3) is 4.79. The van der Waals surface area contributed by atoms with Crippen LogP contribution in [0.15, 0.2) is 34.4 Å². The van der Waals surface area contributed by atoms with Crippen molar-refractivity contribution in [2.45, 2.75) is 4.34 Å². The average molecular weight is 373 g/mol. The lowest BCUT2D eigenvalue weighted by molar-refractivity contribution is -0.137. The van der Waals surface area contributed by atoms with Crippen LogP contribution in [0.1, 0.15) is 0 Å². The largest absolute Gasteiger partial charge is 0.487 e. The first-order valence-electron chi connectivity index (χ1n) is 6.40. The molecule has 0 aliphatic heterocycles. The Balaban J connectivity index is 2.08. The number of carboxylic acid groups (broad SMARTS) is 1. The molecule has 1 heterocycles. The maximum Gasteiger partial charge on any atom is 0.324 e. The average Bonchev–Trinajstić information content (AvgIpc) is 2.87. The quantitative estimate of drug-likeness (QED) is 0.364. The van der Waals surface area contributed by atoms with Gasteiger partial charge in [-0.3, -0.25) is 4.79 Å². The molecule has 0 radical (unpaired) electrons. The zero-order chi connectivity index (χ0) is 17.9. The van der Waals surface area contributed by atoms with Crippen LogP contribution in [-0.2, 0) is 14.8 Å². The second-order valence-corrected chi connectivity index (χ2v) is 7.48. The molecule has 0 aliphatic carbocycles. The molecule has 24 heavy (non-hydrogen) atoms. The number of ether oxygens (including phenoxy) is 1. The maximum absolute atomic E-state index is 11.3. The molecule has 0 aliphatic rings. The minimum atomic E-state index is -3.86. The topological polar surface area (TPSA) is 175 Å². The molecular weight excluding hydrogens is 358 g/mol. The molecule has 12 heteroatoms. The third-order valence-corrected chi connectivity index (χ3v) is 4.98. The van der Waals surface area contributed by atoms with Crippen LogP contribution in [0, 0.1) is 0 Å². The summed E-state index contributed by atoms with van der Waals surface area (Å²) in [4.78, 5) is 14.4. The van der Waals surface area contributed by atoms with Gasteiger partial charge in [-0.25, -0.2) is 24.4 Å². The van der Waals surface area contributed by atoms with E-state index in [0.717, 1.165) is 16.3 Å². The smallest absolute Gasteiger partial charge is 0.324 e. The van der Waals surface area contributed by atoms with Gasteiger partial charge >= 0.3 is 5.97 Å². The fraction of sp³-hybridized carbons (Fsp3) is 0.167. The second-order valence-electron chi connectivity index (χ2n) is 4.71. The summed E-state index contributed by atoms with van der Waals surface area (Å²) in [5.74, 6) is 4.77. The van der Waals surface area contributed by atoms with Gasteiger partial charge in [-0.2, -0.15) is 0 Å². The number of aliphatic carboxylic acids is 1. The third-order valence-electron chi connectivity index (χ3n) is 2.64. The molecule has 0 amide bonds.